The SMILES string of the molecule is CCN(CC)CCNC(=O)c1ccc(NN)nc1. The Hall–Kier alpha value is -1.66. The first-order valence-corrected chi connectivity index (χ1v) is 6.14. The molecule has 0 aliphatic carbocycles. The maximum atomic E-state index is 11.8. The lowest BCUT2D eigenvalue weighted by atomic mass is 10.2. The van der Waals surface area contributed by atoms with E-state index in [4.69, 9.17) is 5.84 Å². The number of carbonyl (C=O) groups excluding carboxylic acids is 1. The maximum Gasteiger partial charge on any atom is 0.252 e. The van der Waals surface area contributed by atoms with Crippen molar-refractivity contribution in [2.75, 3.05) is 31.6 Å². The monoisotopic (exact) mass is 251 g/mol. The molecule has 6 heteroatoms. The molecule has 0 unspecified atom stereocenters. The van der Waals surface area contributed by atoms with Gasteiger partial charge in [-0.2, -0.15) is 0 Å². The predicted octanol–water partition coefficient (Wildman–Crippen LogP) is 0.439. The van der Waals surface area contributed by atoms with Gasteiger partial charge in [0.1, 0.15) is 5.82 Å². The van der Waals surface area contributed by atoms with E-state index in [1.807, 2.05) is 0 Å². The third-order valence-corrected chi connectivity index (χ3v) is 2.78. The minimum Gasteiger partial charge on any atom is -0.351 e. The van der Waals surface area contributed by atoms with Crippen LogP contribution < -0.4 is 16.6 Å². The van der Waals surface area contributed by atoms with E-state index in [0.29, 0.717) is 17.9 Å². The van der Waals surface area contributed by atoms with Gasteiger partial charge in [-0.05, 0) is 25.2 Å². The molecule has 0 atom stereocenters. The van der Waals surface area contributed by atoms with Gasteiger partial charge in [0.25, 0.3) is 5.91 Å². The van der Waals surface area contributed by atoms with E-state index in [9.17, 15) is 4.79 Å². The number of nitrogens with one attached hydrogen (secondary N) is 2. The van der Waals surface area contributed by atoms with Crippen LogP contribution in [0, 0.1) is 0 Å². The quantitative estimate of drug-likeness (QED) is 0.484. The van der Waals surface area contributed by atoms with Gasteiger partial charge in [-0.25, -0.2) is 10.8 Å². The fourth-order valence-electron chi connectivity index (χ4n) is 1.58. The molecule has 1 aromatic heterocycles. The lowest BCUT2D eigenvalue weighted by Gasteiger charge is -2.17. The van der Waals surface area contributed by atoms with E-state index in [1.165, 1.54) is 6.20 Å². The fraction of sp³-hybridized carbons (Fsp3) is 0.500. The minimum atomic E-state index is -0.113. The number of nitrogen functional groups attached to an aromatic ring is 1. The van der Waals surface area contributed by atoms with Gasteiger partial charge in [0.05, 0.1) is 5.56 Å². The van der Waals surface area contributed by atoms with E-state index in [1.54, 1.807) is 12.1 Å². The summed E-state index contributed by atoms with van der Waals surface area (Å²) in [6.45, 7) is 7.68. The summed E-state index contributed by atoms with van der Waals surface area (Å²) in [7, 11) is 0. The average molecular weight is 251 g/mol. The van der Waals surface area contributed by atoms with Crippen LogP contribution in [0.4, 0.5) is 5.82 Å². The summed E-state index contributed by atoms with van der Waals surface area (Å²) in [5.74, 6) is 5.63. The van der Waals surface area contributed by atoms with Gasteiger partial charge >= 0.3 is 0 Å². The molecule has 0 aliphatic heterocycles. The van der Waals surface area contributed by atoms with Crippen molar-refractivity contribution < 1.29 is 4.79 Å². The van der Waals surface area contributed by atoms with Crippen molar-refractivity contribution >= 4 is 11.7 Å². The molecule has 1 aromatic rings. The van der Waals surface area contributed by atoms with Crippen molar-refractivity contribution in [1.29, 1.82) is 0 Å². The van der Waals surface area contributed by atoms with Gasteiger partial charge in [0.2, 0.25) is 0 Å². The Kier molecular flexibility index (Phi) is 6.10. The largest absolute Gasteiger partial charge is 0.351 e. The molecule has 0 radical (unpaired) electrons. The van der Waals surface area contributed by atoms with Gasteiger partial charge in [-0.1, -0.05) is 13.8 Å². The minimum absolute atomic E-state index is 0.113. The number of rotatable bonds is 7. The first kappa shape index (κ1) is 14.4. The average Bonchev–Trinajstić information content (AvgIpc) is 2.43. The molecule has 0 aromatic carbocycles. The molecular formula is C12H21N5O. The molecule has 4 N–H and O–H groups in total. The van der Waals surface area contributed by atoms with Crippen molar-refractivity contribution in [2.45, 2.75) is 13.8 Å². The highest BCUT2D eigenvalue weighted by Crippen LogP contribution is 2.03. The zero-order valence-electron chi connectivity index (χ0n) is 10.9. The van der Waals surface area contributed by atoms with Crippen LogP contribution in [-0.2, 0) is 0 Å². The predicted molar refractivity (Wildman–Crippen MR) is 72.2 cm³/mol. The van der Waals surface area contributed by atoms with Crippen LogP contribution in [0.3, 0.4) is 0 Å². The number of pyridine rings is 1. The molecule has 0 saturated heterocycles. The van der Waals surface area contributed by atoms with Crippen LogP contribution in [0.2, 0.25) is 0 Å². The van der Waals surface area contributed by atoms with Crippen LogP contribution >= 0.6 is 0 Å². The molecule has 1 heterocycles. The zero-order valence-corrected chi connectivity index (χ0v) is 10.9. The summed E-state index contributed by atoms with van der Waals surface area (Å²) in [5.41, 5.74) is 2.95. The number of hydrogen-bond donors (Lipinski definition) is 3. The van der Waals surface area contributed by atoms with Gasteiger partial charge in [0, 0.05) is 19.3 Å². The summed E-state index contributed by atoms with van der Waals surface area (Å²) in [6, 6.07) is 3.36. The summed E-state index contributed by atoms with van der Waals surface area (Å²) in [6.07, 6.45) is 1.50. The Balaban J connectivity index is 2.40. The van der Waals surface area contributed by atoms with Crippen LogP contribution in [0.15, 0.2) is 18.3 Å². The number of nitrogens with zero attached hydrogens (tertiary/aromatic N) is 2. The Bertz CT molecular complexity index is 361. The normalized spacial score (nSPS) is 10.4. The third-order valence-electron chi connectivity index (χ3n) is 2.78. The van der Waals surface area contributed by atoms with Gasteiger partial charge < -0.3 is 15.6 Å². The smallest absolute Gasteiger partial charge is 0.252 e. The second-order valence-corrected chi connectivity index (χ2v) is 3.86. The zero-order chi connectivity index (χ0) is 13.4. The van der Waals surface area contributed by atoms with Crippen LogP contribution in [0.25, 0.3) is 0 Å². The lowest BCUT2D eigenvalue weighted by Crippen LogP contribution is -2.34. The number of carbonyl (C=O) groups is 1. The van der Waals surface area contributed by atoms with Crippen molar-refractivity contribution in [3.8, 4) is 0 Å². The molecule has 0 bridgehead atoms. The second-order valence-electron chi connectivity index (χ2n) is 3.86. The highest BCUT2D eigenvalue weighted by atomic mass is 16.1. The van der Waals surface area contributed by atoms with Crippen LogP contribution in [0.5, 0.6) is 0 Å². The molecule has 18 heavy (non-hydrogen) atoms. The number of amides is 1. The molecule has 1 rings (SSSR count). The third kappa shape index (κ3) is 4.31. The van der Waals surface area contributed by atoms with Gasteiger partial charge in [-0.15, -0.1) is 0 Å². The molecule has 100 valence electrons. The maximum absolute atomic E-state index is 11.8. The molecule has 0 spiro atoms. The molecule has 1 amide bonds. The van der Waals surface area contributed by atoms with Crippen LogP contribution in [-0.4, -0.2) is 42.0 Å². The first-order chi connectivity index (χ1) is 8.71. The highest BCUT2D eigenvalue weighted by molar-refractivity contribution is 5.94. The van der Waals surface area contributed by atoms with Crippen molar-refractivity contribution in [2.24, 2.45) is 5.84 Å². The lowest BCUT2D eigenvalue weighted by molar-refractivity contribution is 0.0948. The Morgan fingerprint density at radius 2 is 2.11 bits per heavy atom. The number of nitrogens with two attached hydrogens (primary N) is 1. The molecular weight excluding hydrogens is 230 g/mol. The van der Waals surface area contributed by atoms with Crippen molar-refractivity contribution in [1.82, 2.24) is 15.2 Å². The number of hydrogen-bond acceptors (Lipinski definition) is 5. The van der Waals surface area contributed by atoms with Crippen LogP contribution in [0.1, 0.15) is 24.2 Å². The van der Waals surface area contributed by atoms with E-state index in [0.717, 1.165) is 19.6 Å². The second kappa shape index (κ2) is 7.62. The van der Waals surface area contributed by atoms with E-state index in [-0.39, 0.29) is 5.91 Å². The first-order valence-electron chi connectivity index (χ1n) is 6.14. The summed E-state index contributed by atoms with van der Waals surface area (Å²) in [4.78, 5) is 18.0. The van der Waals surface area contributed by atoms with E-state index < -0.39 is 0 Å². The number of likely N-dealkylation sites (N-methyl/N-ethyl adjacent to an activating group) is 1. The van der Waals surface area contributed by atoms with Gasteiger partial charge in [0.15, 0.2) is 0 Å². The number of hydrazine groups is 1. The number of aromatic nitrogens is 1. The number of anilines is 1. The topological polar surface area (TPSA) is 83.3 Å². The Morgan fingerprint density at radius 1 is 1.39 bits per heavy atom. The van der Waals surface area contributed by atoms with Crippen molar-refractivity contribution in [3.05, 3.63) is 23.9 Å². The molecule has 0 saturated carbocycles. The summed E-state index contributed by atoms with van der Waals surface area (Å²) in [5, 5.41) is 2.86. The highest BCUT2D eigenvalue weighted by Gasteiger charge is 2.06. The Morgan fingerprint density at radius 3 is 2.61 bits per heavy atom. The summed E-state index contributed by atoms with van der Waals surface area (Å²) < 4.78 is 0. The summed E-state index contributed by atoms with van der Waals surface area (Å²) >= 11 is 0. The molecule has 6 nitrogen and oxygen atoms in total. The van der Waals surface area contributed by atoms with Gasteiger partial charge in [-0.3, -0.25) is 4.79 Å². The Labute approximate surface area is 108 Å². The standard InChI is InChI=1S/C12H21N5O/c1-3-17(4-2)8-7-14-12(18)10-5-6-11(16-13)15-9-10/h5-6,9H,3-4,7-8,13H2,1-2H3,(H,14,18)(H,15,16). The molecule has 0 fully saturated rings. The van der Waals surface area contributed by atoms with E-state index >= 15 is 0 Å². The fourth-order valence-corrected chi connectivity index (χ4v) is 1.58. The van der Waals surface area contributed by atoms with Crippen molar-refractivity contribution in [3.63, 3.8) is 0 Å². The molecule has 0 aliphatic rings. The van der Waals surface area contributed by atoms with E-state index in [2.05, 4.69) is 34.5 Å².